The molecule has 31 heavy (non-hydrogen) atoms. The largest absolute Gasteiger partial charge is 0.444 e. The summed E-state index contributed by atoms with van der Waals surface area (Å²) in [5.74, 6) is -0.162. The number of benzene rings is 1. The first-order chi connectivity index (χ1) is 15.4. The number of nitrogens with zero attached hydrogens (tertiary/aromatic N) is 4. The van der Waals surface area contributed by atoms with Crippen LogP contribution in [0.5, 0.6) is 0 Å². The molecule has 0 radical (unpaired) electrons. The van der Waals surface area contributed by atoms with Crippen molar-refractivity contribution in [1.29, 1.82) is 0 Å². The average molecular weight is 427 g/mol. The van der Waals surface area contributed by atoms with E-state index < -0.39 is 17.7 Å². The maximum atomic E-state index is 13.3. The molecule has 0 aliphatic carbocycles. The van der Waals surface area contributed by atoms with E-state index in [2.05, 4.69) is 20.2 Å². The number of piperazine rings is 1. The molecule has 166 valence electrons. The van der Waals surface area contributed by atoms with Crippen LogP contribution in [-0.2, 0) is 16.0 Å². The van der Waals surface area contributed by atoms with Gasteiger partial charge in [-0.25, -0.2) is 4.79 Å². The highest BCUT2D eigenvalue weighted by atomic mass is 16.6. The zero-order valence-corrected chi connectivity index (χ0v) is 18.2. The maximum absolute atomic E-state index is 13.3. The molecule has 1 unspecified atom stereocenters. The van der Waals surface area contributed by atoms with Gasteiger partial charge >= 0.3 is 6.09 Å². The van der Waals surface area contributed by atoms with Crippen molar-refractivity contribution in [2.75, 3.05) is 32.7 Å². The molecule has 0 spiro atoms. The van der Waals surface area contributed by atoms with Gasteiger partial charge in [0.05, 0.1) is 5.69 Å². The molecule has 2 amide bonds. The summed E-state index contributed by atoms with van der Waals surface area (Å²) < 4.78 is 12.8. The molecular weight excluding hydrogens is 394 g/mol. The number of rotatable bonds is 6. The Morgan fingerprint density at radius 1 is 1.19 bits per heavy atom. The standard InChI is InChI=1S/C23H31N5O3/c1-23(2,3)31-22(30)26-20(18-7-5-4-6-8-18)21(29)28-15-13-27(14-16-28)12-9-19-17-24-10-11-25-19/h4-8,10-11,17,20H,9,12-16H2,1-3H3,(H,26,30)/i1D. The smallest absolute Gasteiger partial charge is 0.408 e. The Balaban J connectivity index is 1.59. The molecule has 1 aromatic carbocycles. The minimum Gasteiger partial charge on any atom is -0.444 e. The number of amides is 2. The number of aromatic nitrogens is 2. The Labute approximate surface area is 185 Å². The molecule has 8 heteroatoms. The van der Waals surface area contributed by atoms with E-state index in [0.717, 1.165) is 31.7 Å². The predicted molar refractivity (Wildman–Crippen MR) is 117 cm³/mol. The quantitative estimate of drug-likeness (QED) is 0.763. The van der Waals surface area contributed by atoms with Crippen LogP contribution in [0.3, 0.4) is 0 Å². The number of ether oxygens (including phenoxy) is 1. The molecule has 2 aromatic rings. The van der Waals surface area contributed by atoms with Gasteiger partial charge in [0, 0.05) is 59.1 Å². The molecule has 0 saturated carbocycles. The minimum absolute atomic E-state index is 0.0686. The van der Waals surface area contributed by atoms with Crippen molar-refractivity contribution in [3.8, 4) is 0 Å². The van der Waals surface area contributed by atoms with Crippen molar-refractivity contribution in [2.45, 2.75) is 38.8 Å². The summed E-state index contributed by atoms with van der Waals surface area (Å²) in [6.07, 6.45) is 5.24. The van der Waals surface area contributed by atoms with E-state index in [4.69, 9.17) is 6.11 Å². The Kier molecular flexibility index (Phi) is 7.09. The van der Waals surface area contributed by atoms with Crippen LogP contribution in [0.2, 0.25) is 0 Å². The number of hydrogen-bond acceptors (Lipinski definition) is 6. The Morgan fingerprint density at radius 2 is 1.94 bits per heavy atom. The third-order valence-corrected chi connectivity index (χ3v) is 5.00. The highest BCUT2D eigenvalue weighted by Crippen LogP contribution is 2.19. The molecule has 8 nitrogen and oxygen atoms in total. The van der Waals surface area contributed by atoms with Crippen molar-refractivity contribution < 1.29 is 15.7 Å². The number of carbonyl (C=O) groups excluding carboxylic acids is 2. The van der Waals surface area contributed by atoms with Gasteiger partial charge in [-0.05, 0) is 26.3 Å². The number of hydrogen-bond donors (Lipinski definition) is 1. The SMILES string of the molecule is [2H]CC(C)(C)OC(=O)NC(C(=O)N1CCN(CCc2cnccn2)CC1)c1ccccc1. The molecule has 1 aromatic heterocycles. The molecule has 2 heterocycles. The summed E-state index contributed by atoms with van der Waals surface area (Å²) in [5, 5.41) is 2.71. The van der Waals surface area contributed by atoms with E-state index in [9.17, 15) is 9.59 Å². The highest BCUT2D eigenvalue weighted by Gasteiger charge is 2.31. The molecule has 0 bridgehead atoms. The molecular formula is C23H31N5O3. The van der Waals surface area contributed by atoms with E-state index in [1.165, 1.54) is 0 Å². The van der Waals surface area contributed by atoms with Gasteiger partial charge < -0.3 is 15.0 Å². The van der Waals surface area contributed by atoms with Crippen LogP contribution >= 0.6 is 0 Å². The normalized spacial score (nSPS) is 16.3. The van der Waals surface area contributed by atoms with Gasteiger partial charge in [-0.2, -0.15) is 0 Å². The van der Waals surface area contributed by atoms with E-state index in [0.29, 0.717) is 18.7 Å². The predicted octanol–water partition coefficient (Wildman–Crippen LogP) is 2.43. The summed E-state index contributed by atoms with van der Waals surface area (Å²) in [5.41, 5.74) is 0.722. The van der Waals surface area contributed by atoms with Gasteiger partial charge in [0.15, 0.2) is 0 Å². The van der Waals surface area contributed by atoms with E-state index in [1.54, 1.807) is 37.3 Å². The minimum atomic E-state index is -0.927. The first kappa shape index (κ1) is 21.2. The van der Waals surface area contributed by atoms with Crippen LogP contribution in [0, 0.1) is 0 Å². The zero-order chi connectivity index (χ0) is 23.0. The van der Waals surface area contributed by atoms with Crippen molar-refractivity contribution in [3.05, 3.63) is 60.2 Å². The second-order valence-corrected chi connectivity index (χ2v) is 8.25. The van der Waals surface area contributed by atoms with Crippen molar-refractivity contribution in [1.82, 2.24) is 25.1 Å². The number of nitrogens with one attached hydrogen (secondary N) is 1. The lowest BCUT2D eigenvalue weighted by Gasteiger charge is -2.36. The summed E-state index contributed by atoms with van der Waals surface area (Å²) in [6, 6.07) is 8.33. The maximum Gasteiger partial charge on any atom is 0.408 e. The fourth-order valence-electron chi connectivity index (χ4n) is 3.44. The Bertz CT molecular complexity index is 874. The van der Waals surface area contributed by atoms with Crippen LogP contribution in [0.25, 0.3) is 0 Å². The lowest BCUT2D eigenvalue weighted by Crippen LogP contribution is -2.52. The number of carbonyl (C=O) groups is 2. The average Bonchev–Trinajstić information content (AvgIpc) is 2.82. The first-order valence-corrected chi connectivity index (χ1v) is 10.5. The Morgan fingerprint density at radius 3 is 2.58 bits per heavy atom. The topological polar surface area (TPSA) is 87.7 Å². The van der Waals surface area contributed by atoms with Gasteiger partial charge in [0.2, 0.25) is 5.91 Å². The summed E-state index contributed by atoms with van der Waals surface area (Å²) in [7, 11) is 0. The molecule has 1 fully saturated rings. The summed E-state index contributed by atoms with van der Waals surface area (Å²) in [6.45, 7) is 6.79. The van der Waals surface area contributed by atoms with Crippen molar-refractivity contribution in [2.24, 2.45) is 0 Å². The van der Waals surface area contributed by atoms with Gasteiger partial charge in [-0.1, -0.05) is 30.3 Å². The van der Waals surface area contributed by atoms with Crippen LogP contribution in [0.1, 0.15) is 39.4 Å². The Hall–Kier alpha value is -3.00. The lowest BCUT2D eigenvalue weighted by atomic mass is 10.1. The molecule has 3 rings (SSSR count). The van der Waals surface area contributed by atoms with E-state index >= 15 is 0 Å². The van der Waals surface area contributed by atoms with E-state index in [-0.39, 0.29) is 12.8 Å². The van der Waals surface area contributed by atoms with Crippen LogP contribution in [-0.4, -0.2) is 70.1 Å². The second kappa shape index (κ2) is 10.3. The monoisotopic (exact) mass is 426 g/mol. The zero-order valence-electron chi connectivity index (χ0n) is 19.2. The van der Waals surface area contributed by atoms with Crippen LogP contribution in [0.4, 0.5) is 4.79 Å². The number of alkyl carbamates (subject to hydrolysis) is 1. The van der Waals surface area contributed by atoms with Gasteiger partial charge in [0.25, 0.3) is 0 Å². The van der Waals surface area contributed by atoms with Crippen LogP contribution in [0.15, 0.2) is 48.9 Å². The second-order valence-electron chi connectivity index (χ2n) is 8.25. The van der Waals surface area contributed by atoms with Crippen molar-refractivity contribution >= 4 is 12.0 Å². The fraction of sp³-hybridized carbons (Fsp3) is 0.478. The molecule has 1 atom stereocenters. The molecule has 1 aliphatic heterocycles. The summed E-state index contributed by atoms with van der Waals surface area (Å²) >= 11 is 0. The third kappa shape index (κ3) is 7.03. The molecule has 1 aliphatic rings. The first-order valence-electron chi connectivity index (χ1n) is 11.2. The summed E-state index contributed by atoms with van der Waals surface area (Å²) in [4.78, 5) is 38.3. The van der Waals surface area contributed by atoms with Gasteiger partial charge in [0.1, 0.15) is 11.6 Å². The molecule has 1 N–H and O–H groups in total. The molecule has 1 saturated heterocycles. The third-order valence-electron chi connectivity index (χ3n) is 5.00. The van der Waals surface area contributed by atoms with Gasteiger partial charge in [-0.15, -0.1) is 0 Å². The highest BCUT2D eigenvalue weighted by molar-refractivity contribution is 5.87. The van der Waals surface area contributed by atoms with Crippen molar-refractivity contribution in [3.63, 3.8) is 0 Å². The van der Waals surface area contributed by atoms with Gasteiger partial charge in [-0.3, -0.25) is 19.7 Å². The van der Waals surface area contributed by atoms with E-state index in [1.807, 2.05) is 30.3 Å². The lowest BCUT2D eigenvalue weighted by molar-refractivity contribution is -0.135. The van der Waals surface area contributed by atoms with Crippen LogP contribution < -0.4 is 5.32 Å². The fourth-order valence-corrected chi connectivity index (χ4v) is 3.44.